The van der Waals surface area contributed by atoms with E-state index in [-0.39, 0.29) is 42.3 Å². The molecule has 4 rings (SSSR count). The fraction of sp³-hybridized carbons (Fsp3) is 0.316. The summed E-state index contributed by atoms with van der Waals surface area (Å²) >= 11 is 0. The summed E-state index contributed by atoms with van der Waals surface area (Å²) in [6.45, 7) is 1.55. The SMILES string of the molecule is NC(=O)c1ccc(N2CCN(S(=O)(=O)c3ccc4c(c3)OCCO4)CC2)c([N+](=O)[O-])c1. The summed E-state index contributed by atoms with van der Waals surface area (Å²) < 4.78 is 38.4. The van der Waals surface area contributed by atoms with Crippen LogP contribution in [0, 0.1) is 10.1 Å². The second-order valence-electron chi connectivity index (χ2n) is 7.02. The van der Waals surface area contributed by atoms with Gasteiger partial charge in [0.05, 0.1) is 9.82 Å². The van der Waals surface area contributed by atoms with Gasteiger partial charge >= 0.3 is 0 Å². The average molecular weight is 448 g/mol. The Labute approximate surface area is 178 Å². The molecule has 0 atom stereocenters. The number of carbonyl (C=O) groups excluding carboxylic acids is 1. The fourth-order valence-electron chi connectivity index (χ4n) is 3.59. The molecule has 31 heavy (non-hydrogen) atoms. The largest absolute Gasteiger partial charge is 0.486 e. The zero-order valence-corrected chi connectivity index (χ0v) is 17.2. The van der Waals surface area contributed by atoms with Crippen LogP contribution in [0.25, 0.3) is 0 Å². The van der Waals surface area contributed by atoms with E-state index in [2.05, 4.69) is 0 Å². The molecule has 164 valence electrons. The van der Waals surface area contributed by atoms with Gasteiger partial charge in [0, 0.05) is 43.9 Å². The highest BCUT2D eigenvalue weighted by Crippen LogP contribution is 2.34. The van der Waals surface area contributed by atoms with E-state index >= 15 is 0 Å². The van der Waals surface area contributed by atoms with Crippen molar-refractivity contribution < 1.29 is 27.6 Å². The van der Waals surface area contributed by atoms with E-state index in [9.17, 15) is 23.3 Å². The van der Waals surface area contributed by atoms with Crippen LogP contribution in [-0.4, -0.2) is 62.9 Å². The number of nitrogens with zero attached hydrogens (tertiary/aromatic N) is 3. The third-order valence-electron chi connectivity index (χ3n) is 5.19. The van der Waals surface area contributed by atoms with E-state index in [1.165, 1.54) is 28.6 Å². The molecule has 0 unspecified atom stereocenters. The number of anilines is 1. The van der Waals surface area contributed by atoms with Crippen LogP contribution in [-0.2, 0) is 10.0 Å². The molecule has 1 saturated heterocycles. The zero-order valence-electron chi connectivity index (χ0n) is 16.4. The molecule has 12 heteroatoms. The highest BCUT2D eigenvalue weighted by Gasteiger charge is 2.32. The van der Waals surface area contributed by atoms with Crippen LogP contribution in [0.5, 0.6) is 11.5 Å². The molecule has 2 aliphatic rings. The Balaban J connectivity index is 1.52. The van der Waals surface area contributed by atoms with E-state index in [0.29, 0.717) is 30.4 Å². The molecule has 0 saturated carbocycles. The summed E-state index contributed by atoms with van der Waals surface area (Å²) in [4.78, 5) is 24.0. The van der Waals surface area contributed by atoms with E-state index in [1.807, 2.05) is 0 Å². The van der Waals surface area contributed by atoms with Gasteiger partial charge in [0.2, 0.25) is 15.9 Å². The van der Waals surface area contributed by atoms with Crippen LogP contribution in [0.1, 0.15) is 10.4 Å². The number of benzene rings is 2. The number of hydrogen-bond acceptors (Lipinski definition) is 8. The molecule has 2 aliphatic heterocycles. The third kappa shape index (κ3) is 3.99. The Bertz CT molecular complexity index is 1140. The van der Waals surface area contributed by atoms with Gasteiger partial charge in [-0.25, -0.2) is 8.42 Å². The van der Waals surface area contributed by atoms with Gasteiger partial charge in [-0.15, -0.1) is 0 Å². The Morgan fingerprint density at radius 3 is 2.32 bits per heavy atom. The van der Waals surface area contributed by atoms with Crippen molar-refractivity contribution in [3.05, 3.63) is 52.1 Å². The van der Waals surface area contributed by atoms with Crippen LogP contribution < -0.4 is 20.1 Å². The first-order valence-electron chi connectivity index (χ1n) is 9.50. The lowest BCUT2D eigenvalue weighted by atomic mass is 10.1. The lowest BCUT2D eigenvalue weighted by Gasteiger charge is -2.35. The zero-order chi connectivity index (χ0) is 22.2. The van der Waals surface area contributed by atoms with E-state index in [4.69, 9.17) is 15.2 Å². The number of nitro groups is 1. The molecule has 11 nitrogen and oxygen atoms in total. The maximum Gasteiger partial charge on any atom is 0.293 e. The fourth-order valence-corrected chi connectivity index (χ4v) is 5.03. The third-order valence-corrected chi connectivity index (χ3v) is 7.08. The van der Waals surface area contributed by atoms with Crippen molar-refractivity contribution >= 4 is 27.3 Å². The van der Waals surface area contributed by atoms with Gasteiger partial charge in [-0.1, -0.05) is 0 Å². The van der Waals surface area contributed by atoms with E-state index in [0.717, 1.165) is 6.07 Å². The summed E-state index contributed by atoms with van der Waals surface area (Å²) in [6.07, 6.45) is 0. The van der Waals surface area contributed by atoms with Crippen molar-refractivity contribution in [1.29, 1.82) is 0 Å². The summed E-state index contributed by atoms with van der Waals surface area (Å²) in [5.41, 5.74) is 5.31. The second-order valence-corrected chi connectivity index (χ2v) is 8.96. The molecule has 0 bridgehead atoms. The molecule has 0 radical (unpaired) electrons. The summed E-state index contributed by atoms with van der Waals surface area (Å²) in [7, 11) is -3.77. The number of primary amides is 1. The van der Waals surface area contributed by atoms with Crippen molar-refractivity contribution in [3.8, 4) is 11.5 Å². The van der Waals surface area contributed by atoms with Crippen LogP contribution >= 0.6 is 0 Å². The minimum atomic E-state index is -3.77. The van der Waals surface area contributed by atoms with Gasteiger partial charge in [-0.2, -0.15) is 4.31 Å². The number of hydrogen-bond donors (Lipinski definition) is 1. The first-order valence-corrected chi connectivity index (χ1v) is 10.9. The molecule has 0 aromatic heterocycles. The number of fused-ring (bicyclic) bond motifs is 1. The first-order chi connectivity index (χ1) is 14.8. The van der Waals surface area contributed by atoms with Crippen LogP contribution in [0.4, 0.5) is 11.4 Å². The van der Waals surface area contributed by atoms with Gasteiger partial charge in [0.25, 0.3) is 5.69 Å². The van der Waals surface area contributed by atoms with Gasteiger partial charge in [-0.3, -0.25) is 14.9 Å². The van der Waals surface area contributed by atoms with Crippen molar-refractivity contribution in [2.45, 2.75) is 4.90 Å². The minimum Gasteiger partial charge on any atom is -0.486 e. The van der Waals surface area contributed by atoms with Crippen LogP contribution in [0.3, 0.4) is 0 Å². The molecule has 2 aromatic rings. The van der Waals surface area contributed by atoms with Crippen molar-refractivity contribution in [3.63, 3.8) is 0 Å². The number of piperazine rings is 1. The predicted octanol–water partition coefficient (Wildman–Crippen LogP) is 0.976. The normalized spacial score (nSPS) is 16.7. The molecule has 1 fully saturated rings. The summed E-state index contributed by atoms with van der Waals surface area (Å²) in [5.74, 6) is 0.128. The number of ether oxygens (including phenoxy) is 2. The number of sulfonamides is 1. The van der Waals surface area contributed by atoms with Crippen molar-refractivity contribution in [2.24, 2.45) is 5.73 Å². The number of amides is 1. The molecule has 0 aliphatic carbocycles. The standard InChI is InChI=1S/C19H20N4O7S/c20-19(24)13-1-3-15(16(11-13)23(25)26)21-5-7-22(8-6-21)31(27,28)14-2-4-17-18(12-14)30-10-9-29-17/h1-4,11-12H,5-10H2,(H2,20,24). The van der Waals surface area contributed by atoms with Crippen LogP contribution in [0.15, 0.2) is 41.3 Å². The molecule has 0 spiro atoms. The van der Waals surface area contributed by atoms with Gasteiger partial charge < -0.3 is 20.1 Å². The van der Waals surface area contributed by atoms with E-state index < -0.39 is 20.9 Å². The van der Waals surface area contributed by atoms with Gasteiger partial charge in [0.15, 0.2) is 11.5 Å². The monoisotopic (exact) mass is 448 g/mol. The smallest absolute Gasteiger partial charge is 0.293 e. The lowest BCUT2D eigenvalue weighted by molar-refractivity contribution is -0.384. The number of nitro benzene ring substituents is 1. The number of rotatable bonds is 5. The maximum atomic E-state index is 13.1. The summed E-state index contributed by atoms with van der Waals surface area (Å²) in [5, 5.41) is 11.5. The topological polar surface area (TPSA) is 145 Å². The molecule has 2 aromatic carbocycles. The highest BCUT2D eigenvalue weighted by atomic mass is 32.2. The van der Waals surface area contributed by atoms with Gasteiger partial charge in [0.1, 0.15) is 18.9 Å². The molecular weight excluding hydrogens is 428 g/mol. The predicted molar refractivity (Wildman–Crippen MR) is 110 cm³/mol. The second kappa shape index (κ2) is 8.04. The highest BCUT2D eigenvalue weighted by molar-refractivity contribution is 7.89. The first kappa shape index (κ1) is 20.9. The van der Waals surface area contributed by atoms with Crippen molar-refractivity contribution in [1.82, 2.24) is 4.31 Å². The number of carbonyl (C=O) groups is 1. The van der Waals surface area contributed by atoms with E-state index in [1.54, 1.807) is 11.0 Å². The van der Waals surface area contributed by atoms with Gasteiger partial charge in [-0.05, 0) is 24.3 Å². The maximum absolute atomic E-state index is 13.1. The average Bonchev–Trinajstić information content (AvgIpc) is 2.78. The Hall–Kier alpha value is -3.38. The van der Waals surface area contributed by atoms with Crippen LogP contribution in [0.2, 0.25) is 0 Å². The summed E-state index contributed by atoms with van der Waals surface area (Å²) in [6, 6.07) is 8.51. The Morgan fingerprint density at radius 2 is 1.68 bits per heavy atom. The quantitative estimate of drug-likeness (QED) is 0.526. The molecule has 1 amide bonds. The lowest BCUT2D eigenvalue weighted by Crippen LogP contribution is -2.48. The molecule has 2 N–H and O–H groups in total. The number of nitrogens with two attached hydrogens (primary N) is 1. The Morgan fingerprint density at radius 1 is 1.00 bits per heavy atom. The minimum absolute atomic E-state index is 0.0373. The molecular formula is C19H20N4O7S. The Kier molecular flexibility index (Phi) is 5.41. The van der Waals surface area contributed by atoms with Crippen molar-refractivity contribution in [2.75, 3.05) is 44.3 Å². The molecule has 2 heterocycles.